The highest BCUT2D eigenvalue weighted by Gasteiger charge is 2.14. The zero-order valence-electron chi connectivity index (χ0n) is 12.1. The zero-order chi connectivity index (χ0) is 15.1. The largest absolute Gasteiger partial charge is 0.444 e. The predicted octanol–water partition coefficient (Wildman–Crippen LogP) is 2.49. The van der Waals surface area contributed by atoms with Crippen molar-refractivity contribution in [3.63, 3.8) is 0 Å². The van der Waals surface area contributed by atoms with Crippen molar-refractivity contribution in [2.24, 2.45) is 5.73 Å². The second kappa shape index (κ2) is 7.32. The smallest absolute Gasteiger partial charge is 0.408 e. The molecule has 0 rings (SSSR count). The standard InChI is InChI=1S/C15H22N2O2/c1-11(2)10-13(12(3)16)8-7-9-17-14(18)19-15(4,5)6/h10H,1,3,9,16H2,2,4-6H3,(H,17,18)/b13-10-. The van der Waals surface area contributed by atoms with Crippen LogP contribution in [0.3, 0.4) is 0 Å². The molecule has 3 N–H and O–H groups in total. The molecule has 4 nitrogen and oxygen atoms in total. The molecular formula is C15H22N2O2. The van der Waals surface area contributed by atoms with Crippen molar-refractivity contribution in [3.8, 4) is 11.8 Å². The number of hydrogen-bond acceptors (Lipinski definition) is 3. The molecule has 104 valence electrons. The van der Waals surface area contributed by atoms with Gasteiger partial charge in [-0.2, -0.15) is 0 Å². The van der Waals surface area contributed by atoms with Gasteiger partial charge < -0.3 is 15.8 Å². The van der Waals surface area contributed by atoms with Crippen LogP contribution in [0, 0.1) is 11.8 Å². The number of amides is 1. The monoisotopic (exact) mass is 262 g/mol. The highest BCUT2D eigenvalue weighted by Crippen LogP contribution is 2.06. The number of nitrogens with one attached hydrogen (secondary N) is 1. The number of ether oxygens (including phenoxy) is 1. The number of hydrogen-bond donors (Lipinski definition) is 2. The summed E-state index contributed by atoms with van der Waals surface area (Å²) in [7, 11) is 0. The molecule has 0 aromatic rings. The lowest BCUT2D eigenvalue weighted by Gasteiger charge is -2.19. The van der Waals surface area contributed by atoms with Crippen LogP contribution in [0.15, 0.2) is 36.1 Å². The third kappa shape index (κ3) is 9.54. The summed E-state index contributed by atoms with van der Waals surface area (Å²) in [4.78, 5) is 11.3. The molecule has 0 atom stereocenters. The second-order valence-electron chi connectivity index (χ2n) is 5.09. The Labute approximate surface area is 115 Å². The van der Waals surface area contributed by atoms with Crippen molar-refractivity contribution in [3.05, 3.63) is 36.1 Å². The van der Waals surface area contributed by atoms with Gasteiger partial charge in [0.25, 0.3) is 0 Å². The summed E-state index contributed by atoms with van der Waals surface area (Å²) in [6.07, 6.45) is 1.24. The van der Waals surface area contributed by atoms with Gasteiger partial charge in [-0.3, -0.25) is 0 Å². The van der Waals surface area contributed by atoms with E-state index in [1.165, 1.54) is 0 Å². The summed E-state index contributed by atoms with van der Waals surface area (Å²) in [5, 5.41) is 2.53. The van der Waals surface area contributed by atoms with Gasteiger partial charge in [-0.05, 0) is 33.8 Å². The maximum atomic E-state index is 11.3. The Morgan fingerprint density at radius 3 is 2.42 bits per heavy atom. The molecule has 0 heterocycles. The Bertz CT molecular complexity index is 457. The first-order valence-electron chi connectivity index (χ1n) is 5.89. The van der Waals surface area contributed by atoms with Crippen LogP contribution in [0.4, 0.5) is 4.79 Å². The third-order valence-electron chi connectivity index (χ3n) is 1.68. The Morgan fingerprint density at radius 2 is 2.00 bits per heavy atom. The number of nitrogens with two attached hydrogens (primary N) is 1. The Kier molecular flexibility index (Phi) is 6.49. The molecule has 0 saturated heterocycles. The van der Waals surface area contributed by atoms with Crippen molar-refractivity contribution in [2.45, 2.75) is 33.3 Å². The van der Waals surface area contributed by atoms with E-state index in [1.54, 1.807) is 26.8 Å². The minimum atomic E-state index is -0.520. The highest BCUT2D eigenvalue weighted by molar-refractivity contribution is 5.68. The molecular weight excluding hydrogens is 240 g/mol. The Balaban J connectivity index is 4.42. The minimum Gasteiger partial charge on any atom is -0.444 e. The van der Waals surface area contributed by atoms with Gasteiger partial charge in [-0.15, -0.1) is 0 Å². The molecule has 0 spiro atoms. The number of carbonyl (C=O) groups excluding carboxylic acids is 1. The van der Waals surface area contributed by atoms with E-state index in [0.29, 0.717) is 11.3 Å². The second-order valence-corrected chi connectivity index (χ2v) is 5.09. The van der Waals surface area contributed by atoms with Crippen LogP contribution in [0.25, 0.3) is 0 Å². The lowest BCUT2D eigenvalue weighted by molar-refractivity contribution is 0.0535. The van der Waals surface area contributed by atoms with Crippen molar-refractivity contribution in [2.75, 3.05) is 6.54 Å². The van der Waals surface area contributed by atoms with E-state index in [4.69, 9.17) is 10.5 Å². The number of rotatable bonds is 3. The van der Waals surface area contributed by atoms with Crippen LogP contribution in [0.1, 0.15) is 27.7 Å². The van der Waals surface area contributed by atoms with Crippen molar-refractivity contribution in [1.82, 2.24) is 5.32 Å². The summed E-state index contributed by atoms with van der Waals surface area (Å²) in [6, 6.07) is 0. The molecule has 0 radical (unpaired) electrons. The fraction of sp³-hybridized carbons (Fsp3) is 0.400. The first-order chi connectivity index (χ1) is 8.61. The molecule has 0 aromatic heterocycles. The zero-order valence-corrected chi connectivity index (χ0v) is 12.1. The maximum absolute atomic E-state index is 11.3. The van der Waals surface area contributed by atoms with Gasteiger partial charge in [-0.1, -0.05) is 30.6 Å². The molecule has 0 fully saturated rings. The van der Waals surface area contributed by atoms with E-state index < -0.39 is 11.7 Å². The van der Waals surface area contributed by atoms with Gasteiger partial charge in [0.1, 0.15) is 5.60 Å². The molecule has 0 aliphatic heterocycles. The average Bonchev–Trinajstić information content (AvgIpc) is 2.19. The van der Waals surface area contributed by atoms with Crippen molar-refractivity contribution in [1.29, 1.82) is 0 Å². The van der Waals surface area contributed by atoms with E-state index in [-0.39, 0.29) is 6.54 Å². The van der Waals surface area contributed by atoms with Crippen molar-refractivity contribution >= 4 is 6.09 Å². The van der Waals surface area contributed by atoms with Crippen LogP contribution >= 0.6 is 0 Å². The van der Waals surface area contributed by atoms with E-state index in [0.717, 1.165) is 5.57 Å². The number of allylic oxidation sites excluding steroid dienone is 3. The summed E-state index contributed by atoms with van der Waals surface area (Å²) < 4.78 is 5.07. The summed E-state index contributed by atoms with van der Waals surface area (Å²) in [5.74, 6) is 5.60. The molecule has 0 aliphatic rings. The highest BCUT2D eigenvalue weighted by atomic mass is 16.6. The summed E-state index contributed by atoms with van der Waals surface area (Å²) >= 11 is 0. The Morgan fingerprint density at radius 1 is 1.42 bits per heavy atom. The van der Waals surface area contributed by atoms with E-state index in [1.807, 2.05) is 6.92 Å². The molecule has 0 aliphatic carbocycles. The number of alkyl carbamates (subject to hydrolysis) is 1. The lowest BCUT2D eigenvalue weighted by Crippen LogP contribution is -2.32. The summed E-state index contributed by atoms with van der Waals surface area (Å²) in [5.41, 5.74) is 6.87. The average molecular weight is 262 g/mol. The fourth-order valence-corrected chi connectivity index (χ4v) is 1.03. The first-order valence-corrected chi connectivity index (χ1v) is 5.89. The Hall–Kier alpha value is -2.15. The molecule has 0 aromatic carbocycles. The van der Waals surface area contributed by atoms with Gasteiger partial charge >= 0.3 is 6.09 Å². The SMILES string of the molecule is C=C(C)/C=C(/C#CCNC(=O)OC(C)(C)C)C(=C)N. The molecule has 0 saturated carbocycles. The van der Waals surface area contributed by atoms with Crippen LogP contribution in [0.5, 0.6) is 0 Å². The molecule has 19 heavy (non-hydrogen) atoms. The fourth-order valence-electron chi connectivity index (χ4n) is 1.03. The first kappa shape index (κ1) is 16.9. The third-order valence-corrected chi connectivity index (χ3v) is 1.68. The van der Waals surface area contributed by atoms with Crippen LogP contribution in [0.2, 0.25) is 0 Å². The number of carbonyl (C=O) groups is 1. The van der Waals surface area contributed by atoms with Gasteiger partial charge in [0.15, 0.2) is 0 Å². The minimum absolute atomic E-state index is 0.176. The molecule has 1 amide bonds. The predicted molar refractivity (Wildman–Crippen MR) is 78.2 cm³/mol. The van der Waals surface area contributed by atoms with Crippen LogP contribution in [-0.2, 0) is 4.74 Å². The lowest BCUT2D eigenvalue weighted by atomic mass is 10.1. The summed E-state index contributed by atoms with van der Waals surface area (Å²) in [6.45, 7) is 14.8. The molecule has 0 bridgehead atoms. The van der Waals surface area contributed by atoms with E-state index in [2.05, 4.69) is 30.3 Å². The molecule has 4 heteroatoms. The normalized spacial score (nSPS) is 11.1. The quantitative estimate of drug-likeness (QED) is 0.606. The molecule has 0 unspecified atom stereocenters. The topological polar surface area (TPSA) is 64.3 Å². The maximum Gasteiger partial charge on any atom is 0.408 e. The van der Waals surface area contributed by atoms with E-state index >= 15 is 0 Å². The van der Waals surface area contributed by atoms with Crippen molar-refractivity contribution < 1.29 is 9.53 Å². The van der Waals surface area contributed by atoms with Crippen LogP contribution in [-0.4, -0.2) is 18.2 Å². The van der Waals surface area contributed by atoms with Gasteiger partial charge in [0, 0.05) is 11.3 Å². The van der Waals surface area contributed by atoms with Gasteiger partial charge in [-0.25, -0.2) is 4.79 Å². The van der Waals surface area contributed by atoms with E-state index in [9.17, 15) is 4.79 Å². The van der Waals surface area contributed by atoms with Gasteiger partial charge in [0.2, 0.25) is 0 Å². The van der Waals surface area contributed by atoms with Crippen LogP contribution < -0.4 is 11.1 Å². The van der Waals surface area contributed by atoms with Gasteiger partial charge in [0.05, 0.1) is 6.54 Å².